The lowest BCUT2D eigenvalue weighted by Crippen LogP contribution is -2.34. The van der Waals surface area contributed by atoms with E-state index in [1.165, 1.54) is 29.2 Å². The molecule has 0 radical (unpaired) electrons. The number of carbonyl (C=O) groups is 1. The molecular weight excluding hydrogens is 374 g/mol. The highest BCUT2D eigenvalue weighted by molar-refractivity contribution is 7.90. The summed E-state index contributed by atoms with van der Waals surface area (Å²) in [7, 11) is -2.81. The Morgan fingerprint density at radius 2 is 1.72 bits per heavy atom. The number of sulfone groups is 1. The molecule has 0 bridgehead atoms. The maximum Gasteiger partial charge on any atom is 0.337 e. The van der Waals surface area contributed by atoms with E-state index in [4.69, 9.17) is 5.73 Å². The van der Waals surface area contributed by atoms with E-state index in [0.717, 1.165) is 0 Å². The predicted octanol–water partition coefficient (Wildman–Crippen LogP) is 2.69. The molecule has 1 unspecified atom stereocenters. The van der Waals surface area contributed by atoms with E-state index in [-0.39, 0.29) is 29.9 Å². The summed E-state index contributed by atoms with van der Waals surface area (Å²) in [6.45, 7) is 4.52. The molecule has 9 heteroatoms. The van der Waals surface area contributed by atoms with Gasteiger partial charge in [-0.3, -0.25) is 4.79 Å². The van der Waals surface area contributed by atoms with Crippen LogP contribution in [0.15, 0.2) is 24.3 Å². The Hall–Kier alpha value is -1.25. The fourth-order valence-corrected chi connectivity index (χ4v) is 2.82. The lowest BCUT2D eigenvalue weighted by atomic mass is 10.0. The van der Waals surface area contributed by atoms with Crippen LogP contribution < -0.4 is 5.73 Å². The zero-order chi connectivity index (χ0) is 18.5. The van der Waals surface area contributed by atoms with Crippen molar-refractivity contribution in [2.24, 2.45) is 11.7 Å². The summed E-state index contributed by atoms with van der Waals surface area (Å²) in [6, 6.07) is 5.64. The van der Waals surface area contributed by atoms with E-state index in [0.29, 0.717) is 24.4 Å². The maximum atomic E-state index is 12.4. The molecule has 0 aliphatic rings. The van der Waals surface area contributed by atoms with Gasteiger partial charge in [-0.25, -0.2) is 8.42 Å². The predicted molar refractivity (Wildman–Crippen MR) is 96.7 cm³/mol. The Bertz CT molecular complexity index is 652. The van der Waals surface area contributed by atoms with Gasteiger partial charge in [-0.2, -0.15) is 8.78 Å². The van der Waals surface area contributed by atoms with Crippen molar-refractivity contribution in [3.63, 3.8) is 0 Å². The molecule has 1 aromatic rings. The quantitative estimate of drug-likeness (QED) is 0.730. The molecule has 0 saturated heterocycles. The van der Waals surface area contributed by atoms with E-state index < -0.39 is 21.3 Å². The molecule has 1 aromatic carbocycles. The van der Waals surface area contributed by atoms with Crippen molar-refractivity contribution in [3.8, 4) is 0 Å². The largest absolute Gasteiger partial charge is 0.342 e. The van der Waals surface area contributed by atoms with Crippen molar-refractivity contribution in [3.05, 3.63) is 35.4 Å². The topological polar surface area (TPSA) is 80.5 Å². The van der Waals surface area contributed by atoms with Gasteiger partial charge in [0.05, 0.1) is 5.75 Å². The molecule has 144 valence electrons. The van der Waals surface area contributed by atoms with Gasteiger partial charge in [0.2, 0.25) is 9.84 Å². The number of halogens is 3. The molecule has 1 rings (SSSR count). The molecule has 1 atom stereocenters. The lowest BCUT2D eigenvalue weighted by Gasteiger charge is -2.21. The summed E-state index contributed by atoms with van der Waals surface area (Å²) in [6.07, 6.45) is 0.671. The standard InChI is InChI=1S/C16H24F2N2O3S.ClH/c1-11(2)14(19)8-9-20(3)15(21)13-6-4-12(5-7-13)10-24(22,23)16(17)18;/h4-7,11,14,16H,8-10,19H2,1-3H3;1H. The summed E-state index contributed by atoms with van der Waals surface area (Å²) in [5, 5.41) is 0. The summed E-state index contributed by atoms with van der Waals surface area (Å²) >= 11 is 0. The number of carbonyl (C=O) groups excluding carboxylic acids is 1. The highest BCUT2D eigenvalue weighted by Gasteiger charge is 2.24. The summed E-state index contributed by atoms with van der Waals surface area (Å²) in [5.41, 5.74) is 6.54. The minimum Gasteiger partial charge on any atom is -0.342 e. The number of amides is 1. The van der Waals surface area contributed by atoms with Crippen molar-refractivity contribution in [2.45, 2.75) is 37.8 Å². The summed E-state index contributed by atoms with van der Waals surface area (Å²) in [5.74, 6) is -4.06. The van der Waals surface area contributed by atoms with Crippen molar-refractivity contribution < 1.29 is 22.0 Å². The number of nitrogens with zero attached hydrogens (tertiary/aromatic N) is 1. The second-order valence-electron chi connectivity index (χ2n) is 6.19. The minimum atomic E-state index is -4.47. The minimum absolute atomic E-state index is 0. The van der Waals surface area contributed by atoms with Crippen LogP contribution in [0.2, 0.25) is 0 Å². The van der Waals surface area contributed by atoms with E-state index >= 15 is 0 Å². The first kappa shape index (κ1) is 23.8. The summed E-state index contributed by atoms with van der Waals surface area (Å²) in [4.78, 5) is 13.8. The highest BCUT2D eigenvalue weighted by Crippen LogP contribution is 2.15. The zero-order valence-electron chi connectivity index (χ0n) is 14.5. The van der Waals surface area contributed by atoms with Gasteiger partial charge >= 0.3 is 5.76 Å². The fraction of sp³-hybridized carbons (Fsp3) is 0.562. The molecule has 0 aliphatic carbocycles. The van der Waals surface area contributed by atoms with Gasteiger partial charge in [0, 0.05) is 25.2 Å². The van der Waals surface area contributed by atoms with E-state index in [2.05, 4.69) is 0 Å². The van der Waals surface area contributed by atoms with E-state index in [1.54, 1.807) is 7.05 Å². The normalized spacial score (nSPS) is 12.8. The van der Waals surface area contributed by atoms with Crippen LogP contribution in [0, 0.1) is 5.92 Å². The molecule has 0 aliphatic heterocycles. The first-order valence-electron chi connectivity index (χ1n) is 7.64. The second kappa shape index (κ2) is 10.0. The van der Waals surface area contributed by atoms with Gasteiger partial charge in [-0.15, -0.1) is 12.4 Å². The van der Waals surface area contributed by atoms with E-state index in [9.17, 15) is 22.0 Å². The van der Waals surface area contributed by atoms with Gasteiger partial charge in [0.25, 0.3) is 5.91 Å². The Morgan fingerprint density at radius 3 is 2.16 bits per heavy atom. The van der Waals surface area contributed by atoms with Crippen molar-refractivity contribution in [1.82, 2.24) is 4.90 Å². The van der Waals surface area contributed by atoms with Gasteiger partial charge in [-0.1, -0.05) is 26.0 Å². The van der Waals surface area contributed by atoms with Crippen molar-refractivity contribution in [2.75, 3.05) is 13.6 Å². The fourth-order valence-electron chi connectivity index (χ4n) is 2.04. The first-order chi connectivity index (χ1) is 11.0. The maximum absolute atomic E-state index is 12.4. The molecule has 0 aromatic heterocycles. The summed E-state index contributed by atoms with van der Waals surface area (Å²) < 4.78 is 47.1. The Morgan fingerprint density at radius 1 is 1.20 bits per heavy atom. The third kappa shape index (κ3) is 7.25. The third-order valence-corrected chi connectivity index (χ3v) is 5.12. The number of hydrogen-bond donors (Lipinski definition) is 1. The average Bonchev–Trinajstić information content (AvgIpc) is 2.51. The second-order valence-corrected chi connectivity index (χ2v) is 8.16. The van der Waals surface area contributed by atoms with Crippen molar-refractivity contribution in [1.29, 1.82) is 0 Å². The van der Waals surface area contributed by atoms with Crippen LogP contribution in [0.1, 0.15) is 36.2 Å². The molecule has 0 saturated carbocycles. The SMILES string of the molecule is CC(C)C(N)CCN(C)C(=O)c1ccc(CS(=O)(=O)C(F)F)cc1.Cl. The molecule has 25 heavy (non-hydrogen) atoms. The van der Waals surface area contributed by atoms with Gasteiger partial charge in [0.1, 0.15) is 0 Å². The molecule has 0 spiro atoms. The Balaban J connectivity index is 0.00000576. The van der Waals surface area contributed by atoms with Crippen LogP contribution >= 0.6 is 12.4 Å². The van der Waals surface area contributed by atoms with Crippen LogP contribution in [0.3, 0.4) is 0 Å². The molecule has 1 amide bonds. The van der Waals surface area contributed by atoms with Crippen molar-refractivity contribution >= 4 is 28.2 Å². The van der Waals surface area contributed by atoms with Gasteiger partial charge in [0.15, 0.2) is 0 Å². The number of alkyl halides is 2. The van der Waals surface area contributed by atoms with Crippen LogP contribution in [-0.4, -0.2) is 44.6 Å². The smallest absolute Gasteiger partial charge is 0.337 e. The van der Waals surface area contributed by atoms with E-state index in [1.807, 2.05) is 13.8 Å². The number of hydrogen-bond acceptors (Lipinski definition) is 4. The van der Waals surface area contributed by atoms with Crippen LogP contribution in [0.4, 0.5) is 8.78 Å². The van der Waals surface area contributed by atoms with Gasteiger partial charge < -0.3 is 10.6 Å². The number of benzene rings is 1. The van der Waals surface area contributed by atoms with Gasteiger partial charge in [-0.05, 0) is 30.0 Å². The number of nitrogens with two attached hydrogens (primary N) is 1. The highest BCUT2D eigenvalue weighted by atomic mass is 35.5. The molecule has 5 nitrogen and oxygen atoms in total. The molecular formula is C16H25ClF2N2O3S. The zero-order valence-corrected chi connectivity index (χ0v) is 16.1. The lowest BCUT2D eigenvalue weighted by molar-refractivity contribution is 0.0789. The van der Waals surface area contributed by atoms with Crippen LogP contribution in [0.5, 0.6) is 0 Å². The molecule has 0 fully saturated rings. The molecule has 2 N–H and O–H groups in total. The Labute approximate surface area is 153 Å². The first-order valence-corrected chi connectivity index (χ1v) is 9.36. The molecule has 0 heterocycles. The average molecular weight is 399 g/mol. The number of rotatable bonds is 8. The monoisotopic (exact) mass is 398 g/mol. The third-order valence-electron chi connectivity index (χ3n) is 3.84. The van der Waals surface area contributed by atoms with Crippen LogP contribution in [-0.2, 0) is 15.6 Å². The Kier molecular flexibility index (Phi) is 9.53. The van der Waals surface area contributed by atoms with Crippen LogP contribution in [0.25, 0.3) is 0 Å².